The van der Waals surface area contributed by atoms with E-state index in [-0.39, 0.29) is 30.2 Å². The molecule has 3 heterocycles. The number of likely N-dealkylation sites (tertiary alicyclic amines) is 1. The average molecular weight is 437 g/mol. The maximum absolute atomic E-state index is 13.1. The minimum Gasteiger partial charge on any atom is -0.481 e. The van der Waals surface area contributed by atoms with Crippen molar-refractivity contribution in [1.82, 2.24) is 9.80 Å². The summed E-state index contributed by atoms with van der Waals surface area (Å²) in [5, 5.41) is 7.88. The molecule has 2 aliphatic rings. The van der Waals surface area contributed by atoms with Gasteiger partial charge in [-0.2, -0.15) is 0 Å². The topological polar surface area (TPSA) is 108 Å². The van der Waals surface area contributed by atoms with Gasteiger partial charge in [-0.1, -0.05) is 12.1 Å². The van der Waals surface area contributed by atoms with Crippen molar-refractivity contribution in [2.24, 2.45) is 5.92 Å². The van der Waals surface area contributed by atoms with Crippen LogP contribution >= 0.6 is 0 Å². The van der Waals surface area contributed by atoms with Crippen molar-refractivity contribution in [3.8, 4) is 0 Å². The van der Waals surface area contributed by atoms with Gasteiger partial charge in [0, 0.05) is 42.9 Å². The van der Waals surface area contributed by atoms with Crippen LogP contribution in [0, 0.1) is 19.8 Å². The van der Waals surface area contributed by atoms with Gasteiger partial charge in [0.05, 0.1) is 11.0 Å². The number of rotatable bonds is 2. The van der Waals surface area contributed by atoms with Crippen LogP contribution in [0.25, 0.3) is 11.0 Å². The Morgan fingerprint density at radius 3 is 2.43 bits per heavy atom. The van der Waals surface area contributed by atoms with Crippen LogP contribution in [0.3, 0.4) is 0 Å². The maximum atomic E-state index is 13.1. The Labute approximate surface area is 176 Å². The fourth-order valence-electron chi connectivity index (χ4n) is 4.41. The molecule has 0 radical (unpaired) electrons. The number of amides is 1. The van der Waals surface area contributed by atoms with Crippen molar-refractivity contribution in [1.29, 1.82) is 0 Å². The lowest BCUT2D eigenvalue weighted by molar-refractivity contribution is -0.134. The molecule has 0 saturated carbocycles. The average Bonchev–Trinajstić information content (AvgIpc) is 3.27. The molecule has 2 aromatic rings. The molecule has 9 heteroatoms. The van der Waals surface area contributed by atoms with Gasteiger partial charge in [-0.15, -0.1) is 0 Å². The largest absolute Gasteiger partial charge is 0.481 e. The Balaban J connectivity index is 0.000000589. The van der Waals surface area contributed by atoms with Crippen LogP contribution in [0.15, 0.2) is 22.6 Å². The summed E-state index contributed by atoms with van der Waals surface area (Å²) in [7, 11) is 0.630. The SMILES string of the molecule is CC(=O)O.Cc1ccc2c(C)c(C(=O)N3C[C@H]4[C@H](N(C)C)CS(=O)(=O)[C@H]4C3)oc2c1. The van der Waals surface area contributed by atoms with E-state index in [0.29, 0.717) is 17.9 Å². The van der Waals surface area contributed by atoms with Crippen LogP contribution < -0.4 is 0 Å². The summed E-state index contributed by atoms with van der Waals surface area (Å²) in [5.41, 5.74) is 2.58. The number of hydrogen-bond donors (Lipinski definition) is 1. The number of carboxylic acids is 1. The van der Waals surface area contributed by atoms with E-state index in [9.17, 15) is 13.2 Å². The van der Waals surface area contributed by atoms with Gasteiger partial charge in [-0.25, -0.2) is 8.42 Å². The minimum atomic E-state index is -3.17. The summed E-state index contributed by atoms with van der Waals surface area (Å²) in [6, 6.07) is 5.84. The summed E-state index contributed by atoms with van der Waals surface area (Å²) in [6.45, 7) is 5.66. The number of furan rings is 1. The lowest BCUT2D eigenvalue weighted by atomic mass is 10.00. The quantitative estimate of drug-likeness (QED) is 0.766. The number of benzene rings is 1. The van der Waals surface area contributed by atoms with E-state index in [2.05, 4.69) is 0 Å². The predicted molar refractivity (Wildman–Crippen MR) is 113 cm³/mol. The molecule has 0 spiro atoms. The molecule has 8 nitrogen and oxygen atoms in total. The van der Waals surface area contributed by atoms with Crippen molar-refractivity contribution >= 4 is 32.7 Å². The second-order valence-electron chi connectivity index (χ2n) is 8.35. The Morgan fingerprint density at radius 2 is 1.83 bits per heavy atom. The molecule has 2 aliphatic heterocycles. The zero-order valence-corrected chi connectivity index (χ0v) is 18.7. The molecule has 1 amide bonds. The standard InChI is InChI=1S/C19H24N2O4S.C2H4O2/c1-11-5-6-13-12(2)18(25-16(13)7-11)19(22)21-8-14-15(20(3)4)10-26(23,24)17(14)9-21;1-2(3)4/h5-7,14-15,17H,8-10H2,1-4H3;1H3,(H,3,4)/t14-,15+,17-;/m0./s1. The van der Waals surface area contributed by atoms with Crippen LogP contribution in [-0.4, -0.2) is 79.4 Å². The molecule has 4 rings (SSSR count). The molecule has 2 fully saturated rings. The Kier molecular flexibility index (Phi) is 5.97. The monoisotopic (exact) mass is 436 g/mol. The van der Waals surface area contributed by atoms with Crippen LogP contribution in [-0.2, 0) is 14.6 Å². The number of carbonyl (C=O) groups is 2. The molecule has 1 N–H and O–H groups in total. The van der Waals surface area contributed by atoms with E-state index in [1.807, 2.05) is 51.0 Å². The summed E-state index contributed by atoms with van der Waals surface area (Å²) < 4.78 is 30.9. The third-order valence-electron chi connectivity index (χ3n) is 5.91. The van der Waals surface area contributed by atoms with E-state index < -0.39 is 21.1 Å². The van der Waals surface area contributed by atoms with Gasteiger partial charge in [0.1, 0.15) is 5.58 Å². The van der Waals surface area contributed by atoms with Gasteiger partial charge in [-0.05, 0) is 39.6 Å². The van der Waals surface area contributed by atoms with Gasteiger partial charge in [0.15, 0.2) is 15.6 Å². The predicted octanol–water partition coefficient (Wildman–Crippen LogP) is 1.94. The van der Waals surface area contributed by atoms with E-state index in [4.69, 9.17) is 14.3 Å². The van der Waals surface area contributed by atoms with E-state index in [0.717, 1.165) is 23.4 Å². The summed E-state index contributed by atoms with van der Waals surface area (Å²) in [4.78, 5) is 25.7. The lowest BCUT2D eigenvalue weighted by Gasteiger charge is -2.24. The molecule has 2 saturated heterocycles. The van der Waals surface area contributed by atoms with Crippen LogP contribution in [0.2, 0.25) is 0 Å². The molecule has 1 aromatic heterocycles. The number of sulfone groups is 1. The summed E-state index contributed by atoms with van der Waals surface area (Å²) >= 11 is 0. The molecule has 0 bridgehead atoms. The highest BCUT2D eigenvalue weighted by atomic mass is 32.2. The number of carboxylic acid groups (broad SMARTS) is 1. The van der Waals surface area contributed by atoms with Gasteiger partial charge in [0.25, 0.3) is 11.9 Å². The van der Waals surface area contributed by atoms with Crippen molar-refractivity contribution in [2.75, 3.05) is 32.9 Å². The Morgan fingerprint density at radius 1 is 1.20 bits per heavy atom. The first-order chi connectivity index (χ1) is 13.9. The normalized spacial score (nSPS) is 24.6. The van der Waals surface area contributed by atoms with E-state index >= 15 is 0 Å². The molecule has 164 valence electrons. The van der Waals surface area contributed by atoms with Crippen LogP contribution in [0.1, 0.15) is 28.6 Å². The molecular formula is C21H28N2O6S. The second kappa shape index (κ2) is 8.03. The lowest BCUT2D eigenvalue weighted by Crippen LogP contribution is -2.38. The van der Waals surface area contributed by atoms with Crippen molar-refractivity contribution in [2.45, 2.75) is 32.1 Å². The highest BCUT2D eigenvalue weighted by Gasteiger charge is 2.53. The second-order valence-corrected chi connectivity index (χ2v) is 10.6. The van der Waals surface area contributed by atoms with E-state index in [1.165, 1.54) is 0 Å². The van der Waals surface area contributed by atoms with Gasteiger partial charge in [0.2, 0.25) is 0 Å². The molecule has 0 unspecified atom stereocenters. The first-order valence-electron chi connectivity index (χ1n) is 9.79. The third kappa shape index (κ3) is 4.09. The highest BCUT2D eigenvalue weighted by molar-refractivity contribution is 7.92. The first-order valence-corrected chi connectivity index (χ1v) is 11.5. The minimum absolute atomic E-state index is 0.0362. The number of fused-ring (bicyclic) bond motifs is 2. The fraction of sp³-hybridized carbons (Fsp3) is 0.524. The molecule has 1 aromatic carbocycles. The number of aliphatic carboxylic acids is 1. The van der Waals surface area contributed by atoms with Crippen molar-refractivity contribution < 1.29 is 27.5 Å². The zero-order chi connectivity index (χ0) is 22.4. The van der Waals surface area contributed by atoms with Gasteiger partial charge in [-0.3, -0.25) is 9.59 Å². The van der Waals surface area contributed by atoms with E-state index in [1.54, 1.807) is 4.90 Å². The molecular weight excluding hydrogens is 408 g/mol. The van der Waals surface area contributed by atoms with Gasteiger partial charge >= 0.3 is 0 Å². The number of aryl methyl sites for hydroxylation is 2. The number of hydrogen-bond acceptors (Lipinski definition) is 6. The summed E-state index contributed by atoms with van der Waals surface area (Å²) in [5.74, 6) is -0.575. The fourth-order valence-corrected chi connectivity index (χ4v) is 6.89. The zero-order valence-electron chi connectivity index (χ0n) is 17.9. The molecule has 0 aliphatic carbocycles. The molecule has 3 atom stereocenters. The third-order valence-corrected chi connectivity index (χ3v) is 8.13. The van der Waals surface area contributed by atoms with Gasteiger partial charge < -0.3 is 19.3 Å². The van der Waals surface area contributed by atoms with Crippen LogP contribution in [0.4, 0.5) is 0 Å². The highest BCUT2D eigenvalue weighted by Crippen LogP contribution is 2.37. The number of carbonyl (C=O) groups excluding carboxylic acids is 1. The number of nitrogens with zero attached hydrogens (tertiary/aromatic N) is 2. The molecule has 30 heavy (non-hydrogen) atoms. The maximum Gasteiger partial charge on any atom is 0.300 e. The Hall–Kier alpha value is -2.39. The summed E-state index contributed by atoms with van der Waals surface area (Å²) in [6.07, 6.45) is 0. The first kappa shape index (κ1) is 22.3. The van der Waals surface area contributed by atoms with Crippen LogP contribution in [0.5, 0.6) is 0 Å². The van der Waals surface area contributed by atoms with Crippen molar-refractivity contribution in [3.05, 3.63) is 35.1 Å². The smallest absolute Gasteiger partial charge is 0.300 e. The Bertz CT molecular complexity index is 1080. The van der Waals surface area contributed by atoms with Crippen molar-refractivity contribution in [3.63, 3.8) is 0 Å².